The number of non-ortho nitro benzene ring substituents is 2. The average Bonchev–Trinajstić information content (AvgIpc) is 3.56. The van der Waals surface area contributed by atoms with E-state index in [4.69, 9.17) is 23.7 Å². The lowest BCUT2D eigenvalue weighted by Gasteiger charge is -2.69. The Labute approximate surface area is 310 Å². The normalized spacial score (nSPS) is 41.3. The first-order valence-electron chi connectivity index (χ1n) is 18.4. The van der Waals surface area contributed by atoms with Crippen LogP contribution in [0.5, 0.6) is 0 Å². The van der Waals surface area contributed by atoms with E-state index < -0.39 is 97.9 Å². The van der Waals surface area contributed by atoms with Crippen LogP contribution in [-0.4, -0.2) is 120 Å². The van der Waals surface area contributed by atoms with Crippen molar-refractivity contribution >= 4 is 23.3 Å². The summed E-state index contributed by atoms with van der Waals surface area (Å²) >= 11 is 0. The smallest absolute Gasteiger partial charge is 0.338 e. The number of esters is 2. The third kappa shape index (κ3) is 4.64. The number of rotatable bonds is 11. The lowest BCUT2D eigenvalue weighted by Crippen LogP contribution is -2.82. The quantitative estimate of drug-likeness (QED) is 0.192. The van der Waals surface area contributed by atoms with Crippen LogP contribution in [0.2, 0.25) is 0 Å². The number of ether oxygens (including phenoxy) is 5. The van der Waals surface area contributed by atoms with Gasteiger partial charge in [0.05, 0.1) is 45.8 Å². The van der Waals surface area contributed by atoms with Gasteiger partial charge in [0, 0.05) is 87.1 Å². The predicted molar refractivity (Wildman–Crippen MR) is 186 cm³/mol. The Morgan fingerprint density at radius 3 is 2.02 bits per heavy atom. The fraction of sp³-hybridized carbons (Fsp3) is 0.632. The molecule has 290 valence electrons. The van der Waals surface area contributed by atoms with E-state index in [1.165, 1.54) is 62.8 Å². The van der Waals surface area contributed by atoms with Crippen molar-refractivity contribution in [2.24, 2.45) is 34.5 Å². The maximum absolute atomic E-state index is 14.1. The molecule has 1 aliphatic heterocycles. The lowest BCUT2D eigenvalue weighted by molar-refractivity contribution is -0.385. The summed E-state index contributed by atoms with van der Waals surface area (Å²) in [6.45, 7) is 3.35. The van der Waals surface area contributed by atoms with E-state index in [1.54, 1.807) is 7.11 Å². The van der Waals surface area contributed by atoms with Crippen molar-refractivity contribution in [2.45, 2.75) is 74.3 Å². The van der Waals surface area contributed by atoms with Crippen molar-refractivity contribution in [1.82, 2.24) is 4.90 Å². The number of carbonyl (C=O) groups is 2. The molecular formula is C38H45N3O13. The van der Waals surface area contributed by atoms with Crippen molar-refractivity contribution in [2.75, 3.05) is 41.0 Å². The van der Waals surface area contributed by atoms with Gasteiger partial charge in [-0.2, -0.15) is 0 Å². The topological polar surface area (TPSA) is 210 Å². The number of aliphatic hydroxyl groups is 2. The van der Waals surface area contributed by atoms with Crippen LogP contribution in [0.3, 0.4) is 0 Å². The van der Waals surface area contributed by atoms with Crippen LogP contribution in [0.4, 0.5) is 11.4 Å². The molecule has 1 saturated heterocycles. The maximum Gasteiger partial charge on any atom is 0.338 e. The minimum absolute atomic E-state index is 0.0403. The molecule has 6 aliphatic rings. The highest BCUT2D eigenvalue weighted by Crippen LogP contribution is 2.80. The second kappa shape index (κ2) is 12.7. The number of likely N-dealkylation sites (tertiary alicyclic amines) is 1. The minimum Gasteiger partial charge on any atom is -0.458 e. The van der Waals surface area contributed by atoms with Gasteiger partial charge in [-0.3, -0.25) is 25.1 Å². The summed E-state index contributed by atoms with van der Waals surface area (Å²) < 4.78 is 31.2. The second-order valence-electron chi connectivity index (χ2n) is 16.1. The highest BCUT2D eigenvalue weighted by atomic mass is 16.6. The molecule has 1 heterocycles. The van der Waals surface area contributed by atoms with Crippen molar-refractivity contribution in [3.63, 3.8) is 0 Å². The third-order valence-corrected chi connectivity index (χ3v) is 14.3. The van der Waals surface area contributed by atoms with Crippen molar-refractivity contribution in [3.05, 3.63) is 79.9 Å². The number of nitro groups is 2. The predicted octanol–water partition coefficient (Wildman–Crippen LogP) is 3.16. The van der Waals surface area contributed by atoms with Gasteiger partial charge in [-0.05, 0) is 56.0 Å². The summed E-state index contributed by atoms with van der Waals surface area (Å²) in [5.74, 6) is -3.60. The number of hydrogen-bond donors (Lipinski definition) is 2. The fourth-order valence-electron chi connectivity index (χ4n) is 12.8. The fourth-order valence-corrected chi connectivity index (χ4v) is 12.8. The first-order chi connectivity index (χ1) is 25.8. The zero-order valence-corrected chi connectivity index (χ0v) is 30.5. The largest absolute Gasteiger partial charge is 0.458 e. The van der Waals surface area contributed by atoms with Gasteiger partial charge in [0.2, 0.25) is 0 Å². The molecule has 2 aromatic carbocycles. The first-order valence-corrected chi connectivity index (χ1v) is 18.4. The number of nitrogens with zero attached hydrogens (tertiary/aromatic N) is 3. The summed E-state index contributed by atoms with van der Waals surface area (Å²) in [6, 6.07) is 9.55. The lowest BCUT2D eigenvalue weighted by atomic mass is 9.42. The van der Waals surface area contributed by atoms with Gasteiger partial charge < -0.3 is 33.9 Å². The number of likely N-dealkylation sites (N-methyl/N-ethyl adjacent to an activating group) is 1. The Hall–Kier alpha value is -4.06. The van der Waals surface area contributed by atoms with Gasteiger partial charge in [0.15, 0.2) is 0 Å². The van der Waals surface area contributed by atoms with Crippen LogP contribution >= 0.6 is 0 Å². The molecule has 8 rings (SSSR count). The van der Waals surface area contributed by atoms with Crippen molar-refractivity contribution < 1.29 is 53.3 Å². The third-order valence-electron chi connectivity index (χ3n) is 14.3. The molecule has 5 aliphatic carbocycles. The Bertz CT molecular complexity index is 1860. The van der Waals surface area contributed by atoms with Crippen LogP contribution < -0.4 is 0 Å². The molecule has 5 saturated carbocycles. The van der Waals surface area contributed by atoms with Gasteiger partial charge in [-0.15, -0.1) is 0 Å². The number of hydrogen-bond acceptors (Lipinski definition) is 14. The molecule has 1 spiro atoms. The number of nitro benzene ring substituents is 2. The van der Waals surface area contributed by atoms with Crippen LogP contribution in [-0.2, 0) is 23.7 Å². The van der Waals surface area contributed by atoms with E-state index >= 15 is 0 Å². The molecule has 16 heteroatoms. The summed E-state index contributed by atoms with van der Waals surface area (Å²) in [5.41, 5.74) is -5.62. The second-order valence-corrected chi connectivity index (χ2v) is 16.1. The molecule has 6 fully saturated rings. The van der Waals surface area contributed by atoms with Crippen LogP contribution in [0.25, 0.3) is 0 Å². The van der Waals surface area contributed by atoms with Crippen LogP contribution in [0.1, 0.15) is 53.3 Å². The summed E-state index contributed by atoms with van der Waals surface area (Å²) in [5, 5.41) is 49.7. The van der Waals surface area contributed by atoms with Gasteiger partial charge in [-0.25, -0.2) is 9.59 Å². The molecule has 13 atom stereocenters. The zero-order chi connectivity index (χ0) is 38.5. The van der Waals surface area contributed by atoms with Crippen LogP contribution in [0, 0.1) is 54.7 Å². The van der Waals surface area contributed by atoms with Crippen molar-refractivity contribution in [3.8, 4) is 0 Å². The number of piperidine rings is 1. The Balaban J connectivity index is 1.29. The van der Waals surface area contributed by atoms with E-state index in [9.17, 15) is 40.0 Å². The molecule has 0 amide bonds. The average molecular weight is 752 g/mol. The number of methoxy groups -OCH3 is 3. The summed E-state index contributed by atoms with van der Waals surface area (Å²) in [4.78, 5) is 51.6. The molecule has 0 radical (unpaired) electrons. The summed E-state index contributed by atoms with van der Waals surface area (Å²) in [7, 11) is 4.67. The number of fused-ring (bicyclic) bond motifs is 2. The van der Waals surface area contributed by atoms with Gasteiger partial charge in [-0.1, -0.05) is 6.92 Å². The Morgan fingerprint density at radius 2 is 1.50 bits per heavy atom. The highest BCUT2D eigenvalue weighted by molar-refractivity contribution is 5.90. The van der Waals surface area contributed by atoms with E-state index in [0.717, 1.165) is 0 Å². The summed E-state index contributed by atoms with van der Waals surface area (Å²) in [6.07, 6.45) is -1.91. The number of carbonyl (C=O) groups excluding carboxylic acids is 2. The first kappa shape index (κ1) is 36.9. The van der Waals surface area contributed by atoms with E-state index in [-0.39, 0.29) is 28.9 Å². The standard InChI is InChI=1S/C38H45N3O13/c1-5-39-18-35(19-50-2)15-14-27(53-32(42)20-6-10-22(11-7-20)40(46)47)37-25-16-24-26(51-3)17-36(44,38(45,34(37)39)31(52-4)30(35)37)28(25)29(24)54-33(43)21-8-12-23(13-9-21)41(48)49/h6-13,24-31,34,44-45H,5,14-19H2,1-4H3/t24-,25-,26+,27+,28-,29+,30-,31+,34+,35+,36-,37+,38+/m1/s1. The highest BCUT2D eigenvalue weighted by Gasteiger charge is 2.92. The Kier molecular flexibility index (Phi) is 8.71. The molecule has 7 bridgehead atoms. The zero-order valence-electron chi connectivity index (χ0n) is 30.5. The van der Waals surface area contributed by atoms with Crippen molar-refractivity contribution in [1.29, 1.82) is 0 Å². The molecule has 54 heavy (non-hydrogen) atoms. The maximum atomic E-state index is 14.1. The monoisotopic (exact) mass is 751 g/mol. The molecule has 0 unspecified atom stereocenters. The molecule has 16 nitrogen and oxygen atoms in total. The van der Waals surface area contributed by atoms with E-state index in [0.29, 0.717) is 39.0 Å². The van der Waals surface area contributed by atoms with Gasteiger partial charge >= 0.3 is 11.9 Å². The van der Waals surface area contributed by atoms with E-state index in [2.05, 4.69) is 4.90 Å². The number of benzene rings is 2. The molecule has 2 N–H and O–H groups in total. The molecule has 0 aromatic heterocycles. The molecular weight excluding hydrogens is 706 g/mol. The Morgan fingerprint density at radius 1 is 0.907 bits per heavy atom. The SMILES string of the molecule is CCN1C[C@]2(COC)CC[C@H](OC(=O)c3ccc([N+](=O)[O-])cc3)[C@@]34[C@@H]5C[C@H]6[C@H](OC(=O)c7ccc([N+](=O)[O-])cc7)[C@@H]5[C@](O)(C[C@@H]6OC)[C@](O)([C@@H](OC)[C@H]23)[C@@H]14. The van der Waals surface area contributed by atoms with Crippen LogP contribution in [0.15, 0.2) is 48.5 Å². The van der Waals surface area contributed by atoms with Gasteiger partial charge in [0.25, 0.3) is 11.4 Å². The molecule has 2 aromatic rings. The van der Waals surface area contributed by atoms with E-state index in [1.807, 2.05) is 6.92 Å². The minimum atomic E-state index is -1.97. The van der Waals surface area contributed by atoms with Gasteiger partial charge in [0.1, 0.15) is 23.4 Å².